The molecular formula is C26H32N10. The molecule has 4 aliphatic rings. The highest BCUT2D eigenvalue weighted by Gasteiger charge is 2.38. The molecule has 1 aromatic rings. The number of hydrogen-bond acceptors (Lipinski definition) is 8. The second-order valence-corrected chi connectivity index (χ2v) is 9.17. The van der Waals surface area contributed by atoms with Crippen molar-refractivity contribution < 1.29 is 0 Å². The number of nitrogens with zero attached hydrogens (tertiary/aromatic N) is 5. The van der Waals surface area contributed by atoms with Gasteiger partial charge < -0.3 is 31.6 Å². The minimum atomic E-state index is 0.0289. The van der Waals surface area contributed by atoms with E-state index in [-0.39, 0.29) is 5.84 Å². The van der Waals surface area contributed by atoms with Crippen LogP contribution in [0.5, 0.6) is 0 Å². The van der Waals surface area contributed by atoms with Crippen molar-refractivity contribution in [2.45, 2.75) is 38.6 Å². The maximum Gasteiger partial charge on any atom is 0.176 e. The molecule has 3 aliphatic heterocycles. The Kier molecular flexibility index (Phi) is 6.09. The van der Waals surface area contributed by atoms with Gasteiger partial charge in [-0.2, -0.15) is 0 Å². The number of amidine groups is 1. The van der Waals surface area contributed by atoms with Crippen LogP contribution in [0.4, 0.5) is 11.4 Å². The summed E-state index contributed by atoms with van der Waals surface area (Å²) < 4.78 is 0. The maximum atomic E-state index is 8.18. The zero-order valence-electron chi connectivity index (χ0n) is 20.7. The van der Waals surface area contributed by atoms with E-state index in [2.05, 4.69) is 61.2 Å². The Labute approximate surface area is 211 Å². The van der Waals surface area contributed by atoms with E-state index < -0.39 is 0 Å². The molecular weight excluding hydrogens is 452 g/mol. The van der Waals surface area contributed by atoms with Crippen molar-refractivity contribution in [1.82, 2.24) is 15.5 Å². The van der Waals surface area contributed by atoms with Gasteiger partial charge in [0, 0.05) is 36.1 Å². The van der Waals surface area contributed by atoms with Crippen LogP contribution in [-0.2, 0) is 0 Å². The zero-order chi connectivity index (χ0) is 25.4. The van der Waals surface area contributed by atoms with Gasteiger partial charge in [0.2, 0.25) is 0 Å². The van der Waals surface area contributed by atoms with Gasteiger partial charge in [-0.05, 0) is 50.0 Å². The average Bonchev–Trinajstić information content (AvgIpc) is 3.47. The fourth-order valence-corrected chi connectivity index (χ4v) is 4.90. The summed E-state index contributed by atoms with van der Waals surface area (Å²) in [5.74, 6) is 7.05. The lowest BCUT2D eigenvalue weighted by Gasteiger charge is -2.41. The molecule has 0 unspecified atom stereocenters. The normalized spacial score (nSPS) is 21.4. The predicted molar refractivity (Wildman–Crippen MR) is 144 cm³/mol. The predicted octanol–water partition coefficient (Wildman–Crippen LogP) is 4.03. The number of anilines is 2. The smallest absolute Gasteiger partial charge is 0.176 e. The van der Waals surface area contributed by atoms with Crippen LogP contribution < -0.4 is 26.7 Å². The highest BCUT2D eigenvalue weighted by atomic mass is 15.4. The third-order valence-electron chi connectivity index (χ3n) is 7.08. The van der Waals surface area contributed by atoms with Crippen LogP contribution in [0, 0.1) is 5.41 Å². The number of nitrogens with one attached hydrogen (secondary N) is 4. The molecule has 0 amide bonds. The summed E-state index contributed by atoms with van der Waals surface area (Å²) in [5, 5.41) is 25.8. The minimum absolute atomic E-state index is 0.0289. The van der Waals surface area contributed by atoms with E-state index in [1.165, 1.54) is 6.42 Å². The summed E-state index contributed by atoms with van der Waals surface area (Å²) in [4.78, 5) is 8.69. The maximum absolute atomic E-state index is 8.18. The molecule has 1 saturated carbocycles. The van der Waals surface area contributed by atoms with E-state index in [0.29, 0.717) is 18.2 Å². The molecule has 186 valence electrons. The van der Waals surface area contributed by atoms with E-state index in [4.69, 9.17) is 11.3 Å². The Morgan fingerprint density at radius 3 is 2.75 bits per heavy atom. The van der Waals surface area contributed by atoms with Gasteiger partial charge in [0.15, 0.2) is 17.5 Å². The molecule has 6 N–H and O–H groups in total. The molecule has 0 saturated heterocycles. The standard InChI is InChI=1S/C26H32N10/c1-5-20-16(3)35(4)25(32-23(20)15(2)30-18-11-12-29-14-18)26-31-21-10-9-17(24(27)33-34-28)13-22(21)36(26)19-7-6-8-19/h9-11,13-14,19,30-32H,2-3,5-8,12H2,1,4H3,(H3,27,28,33)/b26-25+. The molecule has 10 nitrogen and oxygen atoms in total. The highest BCUT2D eigenvalue weighted by molar-refractivity contribution is 5.99. The van der Waals surface area contributed by atoms with Crippen LogP contribution in [0.1, 0.15) is 38.2 Å². The van der Waals surface area contributed by atoms with Crippen molar-refractivity contribution in [3.8, 4) is 0 Å². The van der Waals surface area contributed by atoms with E-state index in [1.54, 1.807) is 0 Å². The molecule has 1 aliphatic carbocycles. The first-order chi connectivity index (χ1) is 17.4. The number of fused-ring (bicyclic) bond motifs is 1. The number of allylic oxidation sites excluding steroid dienone is 2. The van der Waals surface area contributed by atoms with Crippen molar-refractivity contribution in [3.05, 3.63) is 83.0 Å². The number of benzene rings is 1. The zero-order valence-corrected chi connectivity index (χ0v) is 20.7. The van der Waals surface area contributed by atoms with Gasteiger partial charge >= 0.3 is 0 Å². The highest BCUT2D eigenvalue weighted by Crippen LogP contribution is 2.45. The Morgan fingerprint density at radius 2 is 2.11 bits per heavy atom. The third kappa shape index (κ3) is 3.94. The van der Waals surface area contributed by atoms with Crippen LogP contribution in [-0.4, -0.2) is 36.6 Å². The number of aliphatic imine (C=N–C) groups is 1. The van der Waals surface area contributed by atoms with Gasteiger partial charge in [-0.25, -0.2) is 0 Å². The van der Waals surface area contributed by atoms with Crippen LogP contribution in [0.25, 0.3) is 0 Å². The van der Waals surface area contributed by atoms with Crippen LogP contribution in [0.15, 0.2) is 92.8 Å². The van der Waals surface area contributed by atoms with Gasteiger partial charge in [0.05, 0.1) is 35.0 Å². The molecule has 0 bridgehead atoms. The van der Waals surface area contributed by atoms with Gasteiger partial charge in [-0.15, -0.1) is 5.11 Å². The van der Waals surface area contributed by atoms with Gasteiger partial charge in [-0.1, -0.05) is 25.3 Å². The van der Waals surface area contributed by atoms with E-state index >= 15 is 0 Å². The van der Waals surface area contributed by atoms with Crippen LogP contribution in [0.3, 0.4) is 0 Å². The SMILES string of the molecule is C=C(NC1=CCN=C1)C1=C(CC)C(=C)N(C)/C(=C2\Nc3ccc(C(=N)N=NN)cc3N2C2CCC2)N1. The average molecular weight is 485 g/mol. The first-order valence-corrected chi connectivity index (χ1v) is 12.2. The van der Waals surface area contributed by atoms with E-state index in [1.807, 2.05) is 37.5 Å². The fraction of sp³-hybridized carbons (Fsp3) is 0.308. The molecule has 10 heteroatoms. The van der Waals surface area contributed by atoms with Crippen molar-refractivity contribution in [2.24, 2.45) is 21.2 Å². The van der Waals surface area contributed by atoms with Crippen molar-refractivity contribution in [1.29, 1.82) is 5.41 Å². The van der Waals surface area contributed by atoms with Crippen LogP contribution in [0.2, 0.25) is 0 Å². The second-order valence-electron chi connectivity index (χ2n) is 9.17. The van der Waals surface area contributed by atoms with E-state index in [0.717, 1.165) is 70.6 Å². The second kappa shape index (κ2) is 9.37. The summed E-state index contributed by atoms with van der Waals surface area (Å²) in [6.45, 7) is 11.5. The minimum Gasteiger partial charge on any atom is -0.353 e. The molecule has 0 atom stereocenters. The summed E-state index contributed by atoms with van der Waals surface area (Å²) in [6.07, 6.45) is 8.05. The number of rotatable bonds is 6. The summed E-state index contributed by atoms with van der Waals surface area (Å²) >= 11 is 0. The lowest BCUT2D eigenvalue weighted by Crippen LogP contribution is -2.44. The number of likely N-dealkylation sites (N-methyl/N-ethyl adjacent to an activating group) is 1. The molecule has 3 heterocycles. The first kappa shape index (κ1) is 23.4. The van der Waals surface area contributed by atoms with Gasteiger partial charge in [0.1, 0.15) is 0 Å². The van der Waals surface area contributed by atoms with Crippen molar-refractivity contribution >= 4 is 23.4 Å². The Hall–Kier alpha value is -4.34. The Balaban J connectivity index is 1.56. The Bertz CT molecular complexity index is 1290. The van der Waals surface area contributed by atoms with Crippen molar-refractivity contribution in [3.63, 3.8) is 0 Å². The molecule has 1 fully saturated rings. The number of nitrogens with two attached hydrogens (primary N) is 1. The first-order valence-electron chi connectivity index (χ1n) is 12.2. The number of hydrogen-bond donors (Lipinski definition) is 5. The summed E-state index contributed by atoms with van der Waals surface area (Å²) in [5.41, 5.74) is 7.29. The summed E-state index contributed by atoms with van der Waals surface area (Å²) in [6, 6.07) is 6.16. The van der Waals surface area contributed by atoms with Gasteiger partial charge in [-0.3, -0.25) is 10.4 Å². The third-order valence-corrected chi connectivity index (χ3v) is 7.08. The molecule has 0 spiro atoms. The molecule has 36 heavy (non-hydrogen) atoms. The van der Waals surface area contributed by atoms with E-state index in [9.17, 15) is 0 Å². The van der Waals surface area contributed by atoms with Crippen LogP contribution >= 0.6 is 0 Å². The molecule has 0 radical (unpaired) electrons. The molecule has 0 aromatic heterocycles. The quantitative estimate of drug-likeness (QED) is 0.136. The lowest BCUT2D eigenvalue weighted by molar-refractivity contribution is 0.396. The summed E-state index contributed by atoms with van der Waals surface area (Å²) in [7, 11) is 2.03. The largest absolute Gasteiger partial charge is 0.353 e. The molecule has 5 rings (SSSR count). The molecule has 1 aromatic carbocycles. The van der Waals surface area contributed by atoms with Crippen molar-refractivity contribution in [2.75, 3.05) is 23.8 Å². The topological polar surface area (TPSA) is 130 Å². The lowest BCUT2D eigenvalue weighted by atomic mass is 9.91. The van der Waals surface area contributed by atoms with Gasteiger partial charge in [0.25, 0.3) is 0 Å². The monoisotopic (exact) mass is 484 g/mol. The fourth-order valence-electron chi connectivity index (χ4n) is 4.90. The Morgan fingerprint density at radius 1 is 1.31 bits per heavy atom.